The quantitative estimate of drug-likeness (QED) is 0.477. The molecule has 0 bridgehead atoms. The molecule has 0 aliphatic rings. The minimum absolute atomic E-state index is 0.151. The van der Waals surface area contributed by atoms with Gasteiger partial charge in [0.25, 0.3) is 5.56 Å². The van der Waals surface area contributed by atoms with E-state index >= 15 is 0 Å². The number of rotatable bonds is 4. The average Bonchev–Trinajstić information content (AvgIpc) is 3.11. The van der Waals surface area contributed by atoms with Crippen molar-refractivity contribution in [3.63, 3.8) is 0 Å². The summed E-state index contributed by atoms with van der Waals surface area (Å²) in [6.07, 6.45) is 2.59. The highest BCUT2D eigenvalue weighted by molar-refractivity contribution is 5.84. The molecule has 0 radical (unpaired) electrons. The maximum atomic E-state index is 13.0. The van der Waals surface area contributed by atoms with Crippen LogP contribution >= 0.6 is 0 Å². The molecule has 0 fully saturated rings. The maximum Gasteiger partial charge on any atom is 0.280 e. The van der Waals surface area contributed by atoms with E-state index in [2.05, 4.69) is 27.4 Å². The van der Waals surface area contributed by atoms with Gasteiger partial charge < -0.3 is 4.57 Å². The van der Waals surface area contributed by atoms with E-state index in [4.69, 9.17) is 0 Å². The van der Waals surface area contributed by atoms with E-state index in [0.717, 1.165) is 23.2 Å². The molecule has 142 valence electrons. The number of aryl methyl sites for hydroxylation is 3. The van der Waals surface area contributed by atoms with Crippen molar-refractivity contribution in [1.82, 2.24) is 24.4 Å². The second kappa shape index (κ2) is 6.98. The van der Waals surface area contributed by atoms with Crippen LogP contribution < -0.4 is 5.56 Å². The lowest BCUT2D eigenvalue weighted by atomic mass is 10.1. The average molecular weight is 381 g/mol. The van der Waals surface area contributed by atoms with Crippen LogP contribution in [0.2, 0.25) is 0 Å². The highest BCUT2D eigenvalue weighted by Crippen LogP contribution is 2.27. The molecule has 6 nitrogen and oxygen atoms in total. The van der Waals surface area contributed by atoms with E-state index < -0.39 is 0 Å². The van der Waals surface area contributed by atoms with Gasteiger partial charge in [0, 0.05) is 12.7 Å². The summed E-state index contributed by atoms with van der Waals surface area (Å²) in [6.45, 7) is 2.54. The standard InChI is InChI=1S/C23H19N5O/c1-16-20(18-10-6-3-7-11-18)22-25-24-21-19(28(22)26-16)13-15-27(23(21)29)14-12-17-8-4-2-5-9-17/h2-11,13,15H,12,14H2,1H3. The molecule has 0 atom stereocenters. The van der Waals surface area contributed by atoms with Gasteiger partial charge in [0.05, 0.1) is 11.3 Å². The molecule has 3 aromatic heterocycles. The van der Waals surface area contributed by atoms with Crippen molar-refractivity contribution in [2.45, 2.75) is 19.9 Å². The van der Waals surface area contributed by atoms with Gasteiger partial charge in [-0.3, -0.25) is 4.79 Å². The zero-order chi connectivity index (χ0) is 19.8. The molecule has 0 unspecified atom stereocenters. The second-order valence-electron chi connectivity index (χ2n) is 7.05. The monoisotopic (exact) mass is 381 g/mol. The van der Waals surface area contributed by atoms with E-state index in [-0.39, 0.29) is 5.56 Å². The molecule has 0 saturated heterocycles. The van der Waals surface area contributed by atoms with Gasteiger partial charge in [0.15, 0.2) is 11.2 Å². The predicted octanol–water partition coefficient (Wildman–Crippen LogP) is 3.66. The summed E-state index contributed by atoms with van der Waals surface area (Å²) in [5, 5.41) is 13.3. The first-order chi connectivity index (χ1) is 14.2. The number of nitrogens with zero attached hydrogens (tertiary/aromatic N) is 5. The molecular formula is C23H19N5O. The van der Waals surface area contributed by atoms with E-state index in [1.807, 2.05) is 67.7 Å². The number of benzene rings is 2. The largest absolute Gasteiger partial charge is 0.313 e. The first-order valence-electron chi connectivity index (χ1n) is 9.57. The van der Waals surface area contributed by atoms with Crippen molar-refractivity contribution in [3.8, 4) is 11.1 Å². The zero-order valence-electron chi connectivity index (χ0n) is 16.0. The molecule has 29 heavy (non-hydrogen) atoms. The Morgan fingerprint density at radius 1 is 0.897 bits per heavy atom. The summed E-state index contributed by atoms with van der Waals surface area (Å²) in [5.74, 6) is 0. The molecule has 0 aliphatic carbocycles. The lowest BCUT2D eigenvalue weighted by Gasteiger charge is -2.07. The number of fused-ring (bicyclic) bond motifs is 3. The zero-order valence-corrected chi connectivity index (χ0v) is 16.0. The van der Waals surface area contributed by atoms with E-state index in [1.54, 1.807) is 9.08 Å². The van der Waals surface area contributed by atoms with Gasteiger partial charge in [-0.2, -0.15) is 5.10 Å². The molecule has 0 amide bonds. The van der Waals surface area contributed by atoms with Gasteiger partial charge in [0.2, 0.25) is 0 Å². The fourth-order valence-corrected chi connectivity index (χ4v) is 3.70. The summed E-state index contributed by atoms with van der Waals surface area (Å²) in [4.78, 5) is 13.0. The first kappa shape index (κ1) is 17.3. The number of aromatic nitrogens is 5. The smallest absolute Gasteiger partial charge is 0.280 e. The summed E-state index contributed by atoms with van der Waals surface area (Å²) < 4.78 is 3.41. The Kier molecular flexibility index (Phi) is 4.17. The summed E-state index contributed by atoms with van der Waals surface area (Å²) in [5.41, 5.74) is 5.52. The Morgan fingerprint density at radius 3 is 2.38 bits per heavy atom. The highest BCUT2D eigenvalue weighted by Gasteiger charge is 2.17. The number of hydrogen-bond acceptors (Lipinski definition) is 4. The molecule has 0 saturated carbocycles. The first-order valence-corrected chi connectivity index (χ1v) is 9.57. The third kappa shape index (κ3) is 2.99. The molecular weight excluding hydrogens is 362 g/mol. The molecule has 6 heteroatoms. The van der Waals surface area contributed by atoms with Crippen LogP contribution in [-0.2, 0) is 13.0 Å². The molecule has 0 spiro atoms. The third-order valence-electron chi connectivity index (χ3n) is 5.17. The highest BCUT2D eigenvalue weighted by atomic mass is 16.1. The fourth-order valence-electron chi connectivity index (χ4n) is 3.70. The van der Waals surface area contributed by atoms with E-state index in [9.17, 15) is 4.79 Å². The Labute approximate surface area is 167 Å². The Balaban J connectivity index is 1.60. The molecule has 0 aliphatic heterocycles. The summed E-state index contributed by atoms with van der Waals surface area (Å²) >= 11 is 0. The molecule has 2 aromatic carbocycles. The van der Waals surface area contributed by atoms with Crippen molar-refractivity contribution in [1.29, 1.82) is 0 Å². The molecule has 5 rings (SSSR count). The second-order valence-corrected chi connectivity index (χ2v) is 7.05. The van der Waals surface area contributed by atoms with Gasteiger partial charge >= 0.3 is 0 Å². The van der Waals surface area contributed by atoms with Crippen molar-refractivity contribution in [3.05, 3.63) is 94.5 Å². The van der Waals surface area contributed by atoms with Crippen molar-refractivity contribution < 1.29 is 0 Å². The normalized spacial score (nSPS) is 11.3. The van der Waals surface area contributed by atoms with Crippen LogP contribution in [0.25, 0.3) is 27.8 Å². The minimum atomic E-state index is -0.151. The van der Waals surface area contributed by atoms with Gasteiger partial charge in [-0.25, -0.2) is 4.52 Å². The van der Waals surface area contributed by atoms with Crippen LogP contribution in [0, 0.1) is 6.92 Å². The predicted molar refractivity (Wildman–Crippen MR) is 113 cm³/mol. The van der Waals surface area contributed by atoms with Crippen LogP contribution in [0.3, 0.4) is 0 Å². The summed E-state index contributed by atoms with van der Waals surface area (Å²) in [7, 11) is 0. The van der Waals surface area contributed by atoms with Gasteiger partial charge in [-0.05, 0) is 30.5 Å². The fraction of sp³-hybridized carbons (Fsp3) is 0.130. The third-order valence-corrected chi connectivity index (χ3v) is 5.17. The number of pyridine rings is 1. The topological polar surface area (TPSA) is 65.1 Å². The Hall–Kier alpha value is -3.80. The lowest BCUT2D eigenvalue weighted by molar-refractivity contribution is 0.672. The van der Waals surface area contributed by atoms with Gasteiger partial charge in [0.1, 0.15) is 5.52 Å². The van der Waals surface area contributed by atoms with Crippen LogP contribution in [-0.4, -0.2) is 24.4 Å². The molecule has 0 N–H and O–H groups in total. The van der Waals surface area contributed by atoms with Crippen LogP contribution in [0.1, 0.15) is 11.3 Å². The minimum Gasteiger partial charge on any atom is -0.313 e. The molecule has 3 heterocycles. The van der Waals surface area contributed by atoms with Crippen molar-refractivity contribution in [2.24, 2.45) is 0 Å². The SMILES string of the molecule is Cc1nn2c(nnc3c(=O)n(CCc4ccccc4)ccc32)c1-c1ccccc1. The lowest BCUT2D eigenvalue weighted by Crippen LogP contribution is -2.22. The Morgan fingerprint density at radius 2 is 1.62 bits per heavy atom. The van der Waals surface area contributed by atoms with Crippen molar-refractivity contribution >= 4 is 16.7 Å². The van der Waals surface area contributed by atoms with Gasteiger partial charge in [-0.1, -0.05) is 60.7 Å². The van der Waals surface area contributed by atoms with Crippen molar-refractivity contribution in [2.75, 3.05) is 0 Å². The summed E-state index contributed by atoms with van der Waals surface area (Å²) in [6, 6.07) is 22.0. The van der Waals surface area contributed by atoms with E-state index in [1.165, 1.54) is 5.56 Å². The Bertz CT molecular complexity index is 1370. The van der Waals surface area contributed by atoms with Crippen LogP contribution in [0.4, 0.5) is 0 Å². The van der Waals surface area contributed by atoms with Crippen LogP contribution in [0.5, 0.6) is 0 Å². The molecule has 5 aromatic rings. The van der Waals surface area contributed by atoms with E-state index in [0.29, 0.717) is 23.2 Å². The van der Waals surface area contributed by atoms with Gasteiger partial charge in [-0.15, -0.1) is 10.2 Å². The van der Waals surface area contributed by atoms with Crippen LogP contribution in [0.15, 0.2) is 77.7 Å². The maximum absolute atomic E-state index is 13.0. The number of hydrogen-bond donors (Lipinski definition) is 0.